The number of sulfone groups is 1. The molecule has 7 heteroatoms. The smallest absolute Gasteiger partial charge is 0.180 e. The lowest BCUT2D eigenvalue weighted by Crippen LogP contribution is -2.09. The third kappa shape index (κ3) is 4.56. The molecule has 0 atom stereocenters. The molecule has 0 aromatic heterocycles. The highest BCUT2D eigenvalue weighted by molar-refractivity contribution is 8.00. The van der Waals surface area contributed by atoms with Gasteiger partial charge in [-0.3, -0.25) is 0 Å². The van der Waals surface area contributed by atoms with Gasteiger partial charge in [0.05, 0.1) is 22.8 Å². The molecule has 0 aliphatic heterocycles. The van der Waals surface area contributed by atoms with E-state index in [2.05, 4.69) is 0 Å². The molecule has 0 N–H and O–H groups in total. The highest BCUT2D eigenvalue weighted by Crippen LogP contribution is 2.27. The van der Waals surface area contributed by atoms with Gasteiger partial charge in [-0.05, 0) is 42.5 Å². The van der Waals surface area contributed by atoms with E-state index in [0.717, 1.165) is 10.6 Å². The van der Waals surface area contributed by atoms with Gasteiger partial charge in [-0.1, -0.05) is 23.2 Å². The van der Waals surface area contributed by atoms with Crippen LogP contribution in [0.25, 0.3) is 0 Å². The minimum absolute atomic E-state index is 0.0102. The zero-order valence-electron chi connectivity index (χ0n) is 11.8. The van der Waals surface area contributed by atoms with Gasteiger partial charge in [-0.25, -0.2) is 8.42 Å². The summed E-state index contributed by atoms with van der Waals surface area (Å²) in [6.45, 7) is 0. The van der Waals surface area contributed by atoms with Gasteiger partial charge in [-0.15, -0.1) is 11.8 Å². The Morgan fingerprint density at radius 3 is 2.41 bits per heavy atom. The fraction of sp³-hybridized carbons (Fsp3) is 0.200. The number of ether oxygens (including phenoxy) is 1. The SMILES string of the molecule is COc1ccc(SCCS(=O)(=O)c2cc(Cl)ccc2Cl)cc1. The second-order valence-corrected chi connectivity index (χ2v) is 8.51. The summed E-state index contributed by atoms with van der Waals surface area (Å²) in [6, 6.07) is 11.9. The summed E-state index contributed by atoms with van der Waals surface area (Å²) in [5.41, 5.74) is 0. The van der Waals surface area contributed by atoms with Crippen molar-refractivity contribution in [2.24, 2.45) is 0 Å². The van der Waals surface area contributed by atoms with Crippen LogP contribution in [0.1, 0.15) is 0 Å². The van der Waals surface area contributed by atoms with Gasteiger partial charge in [-0.2, -0.15) is 0 Å². The Morgan fingerprint density at radius 2 is 1.77 bits per heavy atom. The molecule has 0 bridgehead atoms. The summed E-state index contributed by atoms with van der Waals surface area (Å²) in [5.74, 6) is 1.18. The highest BCUT2D eigenvalue weighted by atomic mass is 35.5. The van der Waals surface area contributed by atoms with E-state index in [4.69, 9.17) is 27.9 Å². The first-order chi connectivity index (χ1) is 10.4. The van der Waals surface area contributed by atoms with Crippen molar-refractivity contribution in [3.63, 3.8) is 0 Å². The minimum atomic E-state index is -3.46. The molecule has 0 spiro atoms. The molecular weight excluding hydrogens is 363 g/mol. The monoisotopic (exact) mass is 376 g/mol. The number of thioether (sulfide) groups is 1. The van der Waals surface area contributed by atoms with E-state index < -0.39 is 9.84 Å². The van der Waals surface area contributed by atoms with Crippen LogP contribution in [-0.2, 0) is 9.84 Å². The molecule has 22 heavy (non-hydrogen) atoms. The second kappa shape index (κ2) is 7.59. The van der Waals surface area contributed by atoms with Crippen molar-refractivity contribution >= 4 is 44.8 Å². The van der Waals surface area contributed by atoms with Crippen molar-refractivity contribution in [1.29, 1.82) is 0 Å². The Morgan fingerprint density at radius 1 is 1.09 bits per heavy atom. The topological polar surface area (TPSA) is 43.4 Å². The van der Waals surface area contributed by atoms with E-state index in [0.29, 0.717) is 10.8 Å². The summed E-state index contributed by atoms with van der Waals surface area (Å²) >= 11 is 13.3. The number of hydrogen-bond donors (Lipinski definition) is 0. The Balaban J connectivity index is 2.01. The van der Waals surface area contributed by atoms with Crippen molar-refractivity contribution in [3.05, 3.63) is 52.5 Å². The van der Waals surface area contributed by atoms with Crippen LogP contribution in [0.5, 0.6) is 5.75 Å². The molecule has 2 aromatic carbocycles. The van der Waals surface area contributed by atoms with Crippen LogP contribution in [0.2, 0.25) is 10.0 Å². The number of hydrogen-bond acceptors (Lipinski definition) is 4. The predicted octanol–water partition coefficient (Wildman–Crippen LogP) is 4.57. The summed E-state index contributed by atoms with van der Waals surface area (Å²) in [7, 11) is -1.86. The van der Waals surface area contributed by atoms with Crippen LogP contribution < -0.4 is 4.74 Å². The second-order valence-electron chi connectivity index (χ2n) is 4.42. The van der Waals surface area contributed by atoms with Crippen LogP contribution in [0.4, 0.5) is 0 Å². The van der Waals surface area contributed by atoms with Crippen LogP contribution in [0.3, 0.4) is 0 Å². The van der Waals surface area contributed by atoms with Gasteiger partial charge in [0.1, 0.15) is 5.75 Å². The molecule has 118 valence electrons. The normalized spacial score (nSPS) is 11.4. The van der Waals surface area contributed by atoms with Gasteiger partial charge in [0.25, 0.3) is 0 Å². The lowest BCUT2D eigenvalue weighted by Gasteiger charge is -2.07. The molecule has 0 saturated carbocycles. The largest absolute Gasteiger partial charge is 0.497 e. The standard InChI is InChI=1S/C15H14Cl2O3S2/c1-20-12-3-5-13(6-4-12)21-8-9-22(18,19)15-10-11(16)2-7-14(15)17/h2-7,10H,8-9H2,1H3. The molecule has 0 unspecified atom stereocenters. The Labute approximate surface area is 144 Å². The van der Waals surface area contributed by atoms with Crippen molar-refractivity contribution in [3.8, 4) is 5.75 Å². The quantitative estimate of drug-likeness (QED) is 0.692. The van der Waals surface area contributed by atoms with Crippen molar-refractivity contribution in [2.75, 3.05) is 18.6 Å². The fourth-order valence-electron chi connectivity index (χ4n) is 1.77. The highest BCUT2D eigenvalue weighted by Gasteiger charge is 2.18. The maximum atomic E-state index is 12.3. The first-order valence-electron chi connectivity index (χ1n) is 6.37. The molecule has 0 aliphatic rings. The van der Waals surface area contributed by atoms with E-state index in [1.165, 1.54) is 23.9 Å². The molecular formula is C15H14Cl2O3S2. The van der Waals surface area contributed by atoms with E-state index in [9.17, 15) is 8.42 Å². The maximum Gasteiger partial charge on any atom is 0.180 e. The van der Waals surface area contributed by atoms with E-state index in [1.807, 2.05) is 24.3 Å². The minimum Gasteiger partial charge on any atom is -0.497 e. The average molecular weight is 377 g/mol. The van der Waals surface area contributed by atoms with Gasteiger partial charge in [0.15, 0.2) is 9.84 Å². The molecule has 2 rings (SSSR count). The molecule has 2 aromatic rings. The van der Waals surface area contributed by atoms with Crippen LogP contribution in [0, 0.1) is 0 Å². The molecule has 0 heterocycles. The van der Waals surface area contributed by atoms with Gasteiger partial charge in [0.2, 0.25) is 0 Å². The number of halogens is 2. The fourth-order valence-corrected chi connectivity index (χ4v) is 5.14. The molecule has 0 fully saturated rings. The maximum absolute atomic E-state index is 12.3. The van der Waals surface area contributed by atoms with Crippen molar-refractivity contribution < 1.29 is 13.2 Å². The Bertz CT molecular complexity index is 744. The van der Waals surface area contributed by atoms with Crippen LogP contribution in [0.15, 0.2) is 52.3 Å². The Hall–Kier alpha value is -0.880. The number of rotatable bonds is 6. The lowest BCUT2D eigenvalue weighted by atomic mass is 10.3. The molecule has 3 nitrogen and oxygen atoms in total. The Kier molecular flexibility index (Phi) is 6.03. The number of benzene rings is 2. The summed E-state index contributed by atoms with van der Waals surface area (Å²) in [6.07, 6.45) is 0. The van der Waals surface area contributed by atoms with E-state index >= 15 is 0 Å². The zero-order valence-corrected chi connectivity index (χ0v) is 14.9. The van der Waals surface area contributed by atoms with Crippen molar-refractivity contribution in [2.45, 2.75) is 9.79 Å². The summed E-state index contributed by atoms with van der Waals surface area (Å²) < 4.78 is 29.7. The molecule has 0 radical (unpaired) electrons. The van der Waals surface area contributed by atoms with Gasteiger partial charge in [0, 0.05) is 15.7 Å². The first kappa shape index (κ1) is 17.5. The van der Waals surface area contributed by atoms with Gasteiger partial charge < -0.3 is 4.74 Å². The summed E-state index contributed by atoms with van der Waals surface area (Å²) in [5, 5.41) is 0.546. The first-order valence-corrected chi connectivity index (χ1v) is 9.76. The molecule has 0 saturated heterocycles. The molecule has 0 amide bonds. The molecule has 0 aliphatic carbocycles. The van der Waals surface area contributed by atoms with E-state index in [1.54, 1.807) is 13.2 Å². The van der Waals surface area contributed by atoms with Gasteiger partial charge >= 0.3 is 0 Å². The van der Waals surface area contributed by atoms with Crippen LogP contribution in [-0.4, -0.2) is 27.0 Å². The van der Waals surface area contributed by atoms with Crippen LogP contribution >= 0.6 is 35.0 Å². The van der Waals surface area contributed by atoms with E-state index in [-0.39, 0.29) is 15.7 Å². The third-order valence-corrected chi connectivity index (χ3v) is 6.61. The zero-order chi connectivity index (χ0) is 16.2. The predicted molar refractivity (Wildman–Crippen MR) is 92.2 cm³/mol. The third-order valence-electron chi connectivity index (χ3n) is 2.91. The van der Waals surface area contributed by atoms with Crippen molar-refractivity contribution in [1.82, 2.24) is 0 Å². The average Bonchev–Trinajstić information content (AvgIpc) is 2.50. The lowest BCUT2D eigenvalue weighted by molar-refractivity contribution is 0.414. The number of methoxy groups -OCH3 is 1. The summed E-state index contributed by atoms with van der Waals surface area (Å²) in [4.78, 5) is 1.06.